The third kappa shape index (κ3) is 3.90. The molecule has 0 aliphatic carbocycles. The molecule has 0 aliphatic rings. The predicted octanol–water partition coefficient (Wildman–Crippen LogP) is 2.31. The maximum Gasteiger partial charge on any atom is 0.133 e. The summed E-state index contributed by atoms with van der Waals surface area (Å²) in [5.74, 6) is 0.770. The van der Waals surface area contributed by atoms with E-state index in [0.717, 1.165) is 23.3 Å². The van der Waals surface area contributed by atoms with Crippen LogP contribution in [0.1, 0.15) is 12.5 Å². The normalized spacial score (nSPS) is 9.67. The van der Waals surface area contributed by atoms with Crippen LogP contribution in [0, 0.1) is 11.3 Å². The molecule has 0 fully saturated rings. The van der Waals surface area contributed by atoms with E-state index >= 15 is 0 Å². The van der Waals surface area contributed by atoms with Crippen molar-refractivity contribution < 1.29 is 4.74 Å². The first kappa shape index (κ1) is 12.0. The summed E-state index contributed by atoms with van der Waals surface area (Å²) in [6.45, 7) is 4.44. The van der Waals surface area contributed by atoms with Crippen LogP contribution in [0.2, 0.25) is 0 Å². The third-order valence-electron chi connectivity index (χ3n) is 1.85. The SMILES string of the molecule is CCNCCOc1ccc(C#N)cc1Br. The fourth-order valence-electron chi connectivity index (χ4n) is 1.10. The van der Waals surface area contributed by atoms with Crippen molar-refractivity contribution in [3.8, 4) is 11.8 Å². The van der Waals surface area contributed by atoms with Gasteiger partial charge in [0.25, 0.3) is 0 Å². The van der Waals surface area contributed by atoms with E-state index in [4.69, 9.17) is 10.00 Å². The van der Waals surface area contributed by atoms with E-state index in [0.29, 0.717) is 12.2 Å². The van der Waals surface area contributed by atoms with Gasteiger partial charge in [0.05, 0.1) is 16.1 Å². The van der Waals surface area contributed by atoms with Crippen molar-refractivity contribution in [2.45, 2.75) is 6.92 Å². The van der Waals surface area contributed by atoms with Crippen molar-refractivity contribution in [2.75, 3.05) is 19.7 Å². The minimum Gasteiger partial charge on any atom is -0.491 e. The molecule has 80 valence electrons. The molecule has 15 heavy (non-hydrogen) atoms. The lowest BCUT2D eigenvalue weighted by Crippen LogP contribution is -2.20. The average molecular weight is 269 g/mol. The standard InChI is InChI=1S/C11H13BrN2O/c1-2-14-5-6-15-11-4-3-9(8-13)7-10(11)12/h3-4,7,14H,2,5-6H2,1H3. The van der Waals surface area contributed by atoms with Gasteiger partial charge < -0.3 is 10.1 Å². The number of nitrogens with one attached hydrogen (secondary N) is 1. The Kier molecular flexibility index (Phi) is 5.16. The second-order valence-electron chi connectivity index (χ2n) is 2.96. The van der Waals surface area contributed by atoms with Crippen molar-refractivity contribution >= 4 is 15.9 Å². The Bertz CT molecular complexity index is 360. The summed E-state index contributed by atoms with van der Waals surface area (Å²) in [6.07, 6.45) is 0. The monoisotopic (exact) mass is 268 g/mol. The van der Waals surface area contributed by atoms with Crippen LogP contribution < -0.4 is 10.1 Å². The van der Waals surface area contributed by atoms with Crippen LogP contribution in [0.15, 0.2) is 22.7 Å². The zero-order valence-corrected chi connectivity index (χ0v) is 10.2. The van der Waals surface area contributed by atoms with Crippen LogP contribution >= 0.6 is 15.9 Å². The summed E-state index contributed by atoms with van der Waals surface area (Å²) in [5.41, 5.74) is 0.626. The summed E-state index contributed by atoms with van der Waals surface area (Å²) in [7, 11) is 0. The van der Waals surface area contributed by atoms with Crippen LogP contribution in [0.4, 0.5) is 0 Å². The van der Waals surface area contributed by atoms with E-state index < -0.39 is 0 Å². The van der Waals surface area contributed by atoms with Gasteiger partial charge in [-0.3, -0.25) is 0 Å². The van der Waals surface area contributed by atoms with Crippen LogP contribution in [0.25, 0.3) is 0 Å². The second kappa shape index (κ2) is 6.44. The van der Waals surface area contributed by atoms with Gasteiger partial charge in [-0.05, 0) is 40.7 Å². The molecule has 0 heterocycles. The van der Waals surface area contributed by atoms with Gasteiger partial charge in [0, 0.05) is 6.54 Å². The van der Waals surface area contributed by atoms with Gasteiger partial charge in [-0.15, -0.1) is 0 Å². The first-order valence-electron chi connectivity index (χ1n) is 4.81. The van der Waals surface area contributed by atoms with Crippen molar-refractivity contribution in [3.63, 3.8) is 0 Å². The Balaban J connectivity index is 2.52. The Morgan fingerprint density at radius 1 is 1.53 bits per heavy atom. The van der Waals surface area contributed by atoms with Crippen molar-refractivity contribution in [1.29, 1.82) is 5.26 Å². The Labute approximate surface area is 98.2 Å². The predicted molar refractivity (Wildman–Crippen MR) is 62.9 cm³/mol. The highest BCUT2D eigenvalue weighted by Gasteiger charge is 2.01. The molecule has 0 saturated carbocycles. The molecule has 0 radical (unpaired) electrons. The van der Waals surface area contributed by atoms with Crippen LogP contribution in [-0.2, 0) is 0 Å². The zero-order valence-electron chi connectivity index (χ0n) is 8.59. The molecule has 1 rings (SSSR count). The quantitative estimate of drug-likeness (QED) is 0.834. The molecule has 0 amide bonds. The number of benzene rings is 1. The first-order chi connectivity index (χ1) is 7.27. The summed E-state index contributed by atoms with van der Waals surface area (Å²) >= 11 is 3.36. The molecule has 0 aliphatic heterocycles. The van der Waals surface area contributed by atoms with Crippen LogP contribution in [-0.4, -0.2) is 19.7 Å². The van der Waals surface area contributed by atoms with Gasteiger partial charge in [0.15, 0.2) is 0 Å². The number of likely N-dealkylation sites (N-methyl/N-ethyl adjacent to an activating group) is 1. The topological polar surface area (TPSA) is 45.0 Å². The molecule has 3 nitrogen and oxygen atoms in total. The Hall–Kier alpha value is -1.05. The minimum atomic E-state index is 0.623. The molecule has 4 heteroatoms. The Morgan fingerprint density at radius 3 is 2.93 bits per heavy atom. The summed E-state index contributed by atoms with van der Waals surface area (Å²) in [6, 6.07) is 7.37. The third-order valence-corrected chi connectivity index (χ3v) is 2.47. The van der Waals surface area contributed by atoms with E-state index in [2.05, 4.69) is 34.2 Å². The summed E-state index contributed by atoms with van der Waals surface area (Å²) in [5, 5.41) is 11.8. The molecular formula is C11H13BrN2O. The smallest absolute Gasteiger partial charge is 0.133 e. The van der Waals surface area contributed by atoms with Crippen LogP contribution in [0.3, 0.4) is 0 Å². The fraction of sp³-hybridized carbons (Fsp3) is 0.364. The summed E-state index contributed by atoms with van der Waals surface area (Å²) < 4.78 is 6.34. The lowest BCUT2D eigenvalue weighted by Gasteiger charge is -2.08. The van der Waals surface area contributed by atoms with Gasteiger partial charge in [0.2, 0.25) is 0 Å². The molecule has 0 aromatic heterocycles. The molecule has 0 unspecified atom stereocenters. The van der Waals surface area contributed by atoms with Gasteiger partial charge in [-0.1, -0.05) is 6.92 Å². The highest BCUT2D eigenvalue weighted by molar-refractivity contribution is 9.10. The number of hydrogen-bond acceptors (Lipinski definition) is 3. The van der Waals surface area contributed by atoms with Crippen molar-refractivity contribution in [3.05, 3.63) is 28.2 Å². The van der Waals surface area contributed by atoms with Crippen LogP contribution in [0.5, 0.6) is 5.75 Å². The van der Waals surface area contributed by atoms with E-state index in [1.807, 2.05) is 0 Å². The van der Waals surface area contributed by atoms with Gasteiger partial charge in [-0.2, -0.15) is 5.26 Å². The fourth-order valence-corrected chi connectivity index (χ4v) is 1.59. The van der Waals surface area contributed by atoms with E-state index in [-0.39, 0.29) is 0 Å². The molecule has 1 aromatic carbocycles. The Morgan fingerprint density at radius 2 is 2.33 bits per heavy atom. The van der Waals surface area contributed by atoms with E-state index in [9.17, 15) is 0 Å². The maximum absolute atomic E-state index is 8.68. The highest BCUT2D eigenvalue weighted by Crippen LogP contribution is 2.25. The van der Waals surface area contributed by atoms with E-state index in [1.54, 1.807) is 18.2 Å². The molecule has 0 saturated heterocycles. The zero-order chi connectivity index (χ0) is 11.1. The van der Waals surface area contributed by atoms with Crippen molar-refractivity contribution in [1.82, 2.24) is 5.32 Å². The number of ether oxygens (including phenoxy) is 1. The van der Waals surface area contributed by atoms with Crippen molar-refractivity contribution in [2.24, 2.45) is 0 Å². The van der Waals surface area contributed by atoms with Gasteiger partial charge in [-0.25, -0.2) is 0 Å². The van der Waals surface area contributed by atoms with Gasteiger partial charge in [0.1, 0.15) is 12.4 Å². The maximum atomic E-state index is 8.68. The lowest BCUT2D eigenvalue weighted by molar-refractivity contribution is 0.313. The number of nitriles is 1. The van der Waals surface area contributed by atoms with E-state index in [1.165, 1.54) is 0 Å². The summed E-state index contributed by atoms with van der Waals surface area (Å²) in [4.78, 5) is 0. The number of nitrogens with zero attached hydrogens (tertiary/aromatic N) is 1. The number of halogens is 1. The number of rotatable bonds is 5. The lowest BCUT2D eigenvalue weighted by atomic mass is 10.2. The molecular weight excluding hydrogens is 256 g/mol. The minimum absolute atomic E-state index is 0.623. The molecule has 0 spiro atoms. The first-order valence-corrected chi connectivity index (χ1v) is 5.60. The highest BCUT2D eigenvalue weighted by atomic mass is 79.9. The molecule has 0 atom stereocenters. The molecule has 0 bridgehead atoms. The second-order valence-corrected chi connectivity index (χ2v) is 3.81. The average Bonchev–Trinajstić information content (AvgIpc) is 2.26. The number of hydrogen-bond donors (Lipinski definition) is 1. The molecule has 1 N–H and O–H groups in total. The molecule has 1 aromatic rings. The largest absolute Gasteiger partial charge is 0.491 e. The van der Waals surface area contributed by atoms with Gasteiger partial charge >= 0.3 is 0 Å².